The number of piperazine rings is 1. The lowest BCUT2D eigenvalue weighted by Gasteiger charge is -2.36. The van der Waals surface area contributed by atoms with Crippen LogP contribution in [0.25, 0.3) is 0 Å². The van der Waals surface area contributed by atoms with Crippen LogP contribution in [0.5, 0.6) is 0 Å². The second kappa shape index (κ2) is 7.46. The number of hydrogen-bond acceptors (Lipinski definition) is 4. The van der Waals surface area contributed by atoms with Crippen LogP contribution in [-0.2, 0) is 4.79 Å². The molecule has 2 heterocycles. The van der Waals surface area contributed by atoms with Crippen LogP contribution in [0.15, 0.2) is 48.5 Å². The minimum absolute atomic E-state index is 0.0135. The van der Waals surface area contributed by atoms with Crippen molar-refractivity contribution < 1.29 is 14.4 Å². The summed E-state index contributed by atoms with van der Waals surface area (Å²) in [4.78, 5) is 42.7. The zero-order chi connectivity index (χ0) is 19.7. The molecule has 2 aliphatic heterocycles. The number of fused-ring (bicyclic) bond motifs is 1. The number of hydrogen-bond donors (Lipinski definition) is 0. The molecular weight excluding hydrogens is 354 g/mol. The SMILES string of the molecule is Cc1cccc(N2CCN(C(=O)CCN3C(=O)c4ccccc4C3=O)CC2)c1. The number of aryl methyl sites for hydroxylation is 1. The van der Waals surface area contributed by atoms with Gasteiger partial charge in [0.05, 0.1) is 11.1 Å². The Bertz CT molecular complexity index is 897. The van der Waals surface area contributed by atoms with Crippen LogP contribution in [0, 0.1) is 6.92 Å². The fourth-order valence-corrected chi connectivity index (χ4v) is 3.85. The minimum Gasteiger partial charge on any atom is -0.368 e. The third-order valence-electron chi connectivity index (χ3n) is 5.43. The van der Waals surface area contributed by atoms with E-state index in [4.69, 9.17) is 0 Å². The van der Waals surface area contributed by atoms with E-state index in [0.717, 1.165) is 13.1 Å². The van der Waals surface area contributed by atoms with Crippen molar-refractivity contribution in [3.8, 4) is 0 Å². The number of nitrogens with zero attached hydrogens (tertiary/aromatic N) is 3. The fraction of sp³-hybridized carbons (Fsp3) is 0.318. The van der Waals surface area contributed by atoms with Crippen molar-refractivity contribution >= 4 is 23.4 Å². The van der Waals surface area contributed by atoms with Crippen molar-refractivity contribution in [1.82, 2.24) is 9.80 Å². The van der Waals surface area contributed by atoms with E-state index in [1.807, 2.05) is 11.0 Å². The van der Waals surface area contributed by atoms with Crippen molar-refractivity contribution in [2.45, 2.75) is 13.3 Å². The average molecular weight is 377 g/mol. The summed E-state index contributed by atoms with van der Waals surface area (Å²) in [6.45, 7) is 5.06. The van der Waals surface area contributed by atoms with Gasteiger partial charge in [-0.2, -0.15) is 0 Å². The molecule has 0 aromatic heterocycles. The standard InChI is InChI=1S/C22H23N3O3/c1-16-5-4-6-17(15-16)23-11-13-24(14-12-23)20(26)9-10-25-21(27)18-7-2-3-8-19(18)22(25)28/h2-8,15H,9-14H2,1H3. The molecule has 2 aromatic rings. The molecule has 1 fully saturated rings. The maximum atomic E-state index is 12.6. The van der Waals surface area contributed by atoms with Crippen molar-refractivity contribution in [3.63, 3.8) is 0 Å². The Labute approximate surface area is 164 Å². The molecule has 6 nitrogen and oxygen atoms in total. The number of carbonyl (C=O) groups is 3. The Balaban J connectivity index is 1.31. The number of benzene rings is 2. The Hall–Kier alpha value is -3.15. The molecule has 0 atom stereocenters. The highest BCUT2D eigenvalue weighted by atomic mass is 16.2. The number of imide groups is 1. The molecule has 0 saturated carbocycles. The highest BCUT2D eigenvalue weighted by molar-refractivity contribution is 6.21. The summed E-state index contributed by atoms with van der Waals surface area (Å²) >= 11 is 0. The van der Waals surface area contributed by atoms with Crippen LogP contribution in [0.1, 0.15) is 32.7 Å². The molecule has 0 aliphatic carbocycles. The van der Waals surface area contributed by atoms with Gasteiger partial charge in [0.15, 0.2) is 0 Å². The molecule has 1 saturated heterocycles. The van der Waals surface area contributed by atoms with Crippen LogP contribution in [-0.4, -0.2) is 60.2 Å². The second-order valence-corrected chi connectivity index (χ2v) is 7.26. The molecule has 3 amide bonds. The third-order valence-corrected chi connectivity index (χ3v) is 5.43. The number of carbonyl (C=O) groups excluding carboxylic acids is 3. The van der Waals surface area contributed by atoms with Crippen LogP contribution in [0.4, 0.5) is 5.69 Å². The average Bonchev–Trinajstić information content (AvgIpc) is 2.97. The van der Waals surface area contributed by atoms with E-state index < -0.39 is 0 Å². The topological polar surface area (TPSA) is 60.9 Å². The Kier molecular flexibility index (Phi) is 4.86. The van der Waals surface area contributed by atoms with Crippen LogP contribution in [0.3, 0.4) is 0 Å². The zero-order valence-electron chi connectivity index (χ0n) is 15.9. The number of anilines is 1. The van der Waals surface area contributed by atoms with Crippen LogP contribution in [0.2, 0.25) is 0 Å². The van der Waals surface area contributed by atoms with Crippen molar-refractivity contribution in [2.24, 2.45) is 0 Å². The first kappa shape index (κ1) is 18.2. The van der Waals surface area contributed by atoms with Crippen molar-refractivity contribution in [2.75, 3.05) is 37.6 Å². The van der Waals surface area contributed by atoms with E-state index in [9.17, 15) is 14.4 Å². The largest absolute Gasteiger partial charge is 0.368 e. The maximum absolute atomic E-state index is 12.6. The van der Waals surface area contributed by atoms with Gasteiger partial charge in [0.1, 0.15) is 0 Å². The quantitative estimate of drug-likeness (QED) is 0.768. The normalized spacial score (nSPS) is 16.5. The lowest BCUT2D eigenvalue weighted by Crippen LogP contribution is -2.49. The van der Waals surface area contributed by atoms with Crippen molar-refractivity contribution in [3.05, 3.63) is 65.2 Å². The van der Waals surface area contributed by atoms with Crippen molar-refractivity contribution in [1.29, 1.82) is 0 Å². The molecule has 2 aromatic carbocycles. The van der Waals surface area contributed by atoms with Gasteiger partial charge < -0.3 is 9.80 Å². The molecule has 0 N–H and O–H groups in total. The summed E-state index contributed by atoms with van der Waals surface area (Å²) in [5.41, 5.74) is 3.24. The van der Waals surface area contributed by atoms with Gasteiger partial charge in [0.25, 0.3) is 11.8 Å². The zero-order valence-corrected chi connectivity index (χ0v) is 15.9. The molecule has 0 radical (unpaired) electrons. The van der Waals surface area contributed by atoms with Gasteiger partial charge in [-0.1, -0.05) is 24.3 Å². The first-order chi connectivity index (χ1) is 13.5. The smallest absolute Gasteiger partial charge is 0.261 e. The summed E-state index contributed by atoms with van der Waals surface area (Å²) in [6.07, 6.45) is 0.163. The Morgan fingerprint density at radius 3 is 2.14 bits per heavy atom. The van der Waals surface area contributed by atoms with Gasteiger partial charge >= 0.3 is 0 Å². The highest BCUT2D eigenvalue weighted by Gasteiger charge is 2.35. The maximum Gasteiger partial charge on any atom is 0.261 e. The van der Waals surface area contributed by atoms with E-state index in [1.54, 1.807) is 24.3 Å². The molecule has 6 heteroatoms. The number of rotatable bonds is 4. The molecule has 0 unspecified atom stereocenters. The Morgan fingerprint density at radius 1 is 0.893 bits per heavy atom. The van der Waals surface area contributed by atoms with Gasteiger partial charge in [-0.3, -0.25) is 19.3 Å². The minimum atomic E-state index is -0.308. The van der Waals surface area contributed by atoms with E-state index in [1.165, 1.54) is 16.2 Å². The summed E-state index contributed by atoms with van der Waals surface area (Å²) in [5.74, 6) is -0.629. The fourth-order valence-electron chi connectivity index (χ4n) is 3.85. The first-order valence-corrected chi connectivity index (χ1v) is 9.59. The molecule has 4 rings (SSSR count). The van der Waals surface area contributed by atoms with E-state index in [2.05, 4.69) is 30.0 Å². The van der Waals surface area contributed by atoms with Gasteiger partial charge in [0, 0.05) is 44.8 Å². The molecule has 0 spiro atoms. The van der Waals surface area contributed by atoms with E-state index in [0.29, 0.717) is 24.2 Å². The van der Waals surface area contributed by atoms with Gasteiger partial charge in [0.2, 0.25) is 5.91 Å². The van der Waals surface area contributed by atoms with Gasteiger partial charge in [-0.25, -0.2) is 0 Å². The van der Waals surface area contributed by atoms with Gasteiger partial charge in [-0.05, 0) is 36.8 Å². The summed E-state index contributed by atoms with van der Waals surface area (Å²) in [6, 6.07) is 15.2. The third kappa shape index (κ3) is 3.38. The second-order valence-electron chi connectivity index (χ2n) is 7.26. The monoisotopic (exact) mass is 377 g/mol. The summed E-state index contributed by atoms with van der Waals surface area (Å²) < 4.78 is 0. The molecule has 28 heavy (non-hydrogen) atoms. The molecule has 144 valence electrons. The Morgan fingerprint density at radius 2 is 1.54 bits per heavy atom. The lowest BCUT2D eigenvalue weighted by atomic mass is 10.1. The number of amides is 3. The van der Waals surface area contributed by atoms with E-state index >= 15 is 0 Å². The molecule has 2 aliphatic rings. The summed E-state index contributed by atoms with van der Waals surface area (Å²) in [5, 5.41) is 0. The summed E-state index contributed by atoms with van der Waals surface area (Å²) in [7, 11) is 0. The lowest BCUT2D eigenvalue weighted by molar-refractivity contribution is -0.131. The van der Waals surface area contributed by atoms with E-state index in [-0.39, 0.29) is 30.7 Å². The predicted molar refractivity (Wildman–Crippen MR) is 106 cm³/mol. The molecule has 0 bridgehead atoms. The predicted octanol–water partition coefficient (Wildman–Crippen LogP) is 2.33. The first-order valence-electron chi connectivity index (χ1n) is 9.59. The van der Waals surface area contributed by atoms with Crippen LogP contribution < -0.4 is 4.90 Å². The highest BCUT2D eigenvalue weighted by Crippen LogP contribution is 2.23. The van der Waals surface area contributed by atoms with Gasteiger partial charge in [-0.15, -0.1) is 0 Å². The molecular formula is C22H23N3O3. The van der Waals surface area contributed by atoms with Crippen LogP contribution >= 0.6 is 0 Å².